The average molecular weight is 340 g/mol. The second-order valence-electron chi connectivity index (χ2n) is 5.69. The van der Waals surface area contributed by atoms with E-state index in [-0.39, 0.29) is 12.0 Å². The van der Waals surface area contributed by atoms with Crippen LogP contribution in [0.2, 0.25) is 0 Å². The second-order valence-corrected chi connectivity index (χ2v) is 5.69. The minimum Gasteiger partial charge on any atom is -0.498 e. The molecule has 0 bridgehead atoms. The van der Waals surface area contributed by atoms with Gasteiger partial charge in [-0.2, -0.15) is 0 Å². The first-order valence-corrected chi connectivity index (χ1v) is 8.86. The zero-order valence-corrected chi connectivity index (χ0v) is 15.6. The summed E-state index contributed by atoms with van der Waals surface area (Å²) in [4.78, 5) is 14.5. The summed E-state index contributed by atoms with van der Waals surface area (Å²) in [6, 6.07) is 0. The van der Waals surface area contributed by atoms with Crippen molar-refractivity contribution < 1.29 is 19.4 Å². The molecule has 2 unspecified atom stereocenters. The van der Waals surface area contributed by atoms with Gasteiger partial charge in [-0.25, -0.2) is 0 Å². The van der Waals surface area contributed by atoms with Crippen LogP contribution in [0.15, 0.2) is 23.1 Å². The predicted molar refractivity (Wildman–Crippen MR) is 94.1 cm³/mol. The Hall–Kier alpha value is -1.53. The molecule has 0 saturated carbocycles. The van der Waals surface area contributed by atoms with Gasteiger partial charge in [0.2, 0.25) is 0 Å². The molecule has 0 fully saturated rings. The minimum atomic E-state index is -0.756. The van der Waals surface area contributed by atoms with Crippen LogP contribution in [0.5, 0.6) is 0 Å². The van der Waals surface area contributed by atoms with Gasteiger partial charge in [0, 0.05) is 25.8 Å². The number of aliphatic hydroxyl groups is 1. The van der Waals surface area contributed by atoms with E-state index in [0.29, 0.717) is 30.8 Å². The van der Waals surface area contributed by atoms with Crippen molar-refractivity contribution in [3.63, 3.8) is 0 Å². The highest BCUT2D eigenvalue weighted by Crippen LogP contribution is 2.28. The monoisotopic (exact) mass is 340 g/mol. The first kappa shape index (κ1) is 20.5. The van der Waals surface area contributed by atoms with E-state index >= 15 is 0 Å². The third-order valence-corrected chi connectivity index (χ3v) is 4.12. The molecule has 0 aromatic rings. The minimum absolute atomic E-state index is 0.0562. The molecule has 0 saturated heterocycles. The molecule has 6 nitrogen and oxygen atoms in total. The number of amides is 1. The Bertz CT molecular complexity index is 474. The van der Waals surface area contributed by atoms with Gasteiger partial charge in [-0.3, -0.25) is 4.79 Å². The van der Waals surface area contributed by atoms with Gasteiger partial charge in [-0.15, -0.1) is 0 Å². The number of ether oxygens (including phenoxy) is 2. The lowest BCUT2D eigenvalue weighted by Gasteiger charge is -2.26. The van der Waals surface area contributed by atoms with Crippen molar-refractivity contribution in [1.82, 2.24) is 10.2 Å². The molecule has 1 amide bonds. The second kappa shape index (κ2) is 10.4. The summed E-state index contributed by atoms with van der Waals surface area (Å²) in [5, 5.41) is 13.2. The van der Waals surface area contributed by atoms with E-state index in [1.165, 1.54) is 0 Å². The van der Waals surface area contributed by atoms with Crippen LogP contribution in [0.1, 0.15) is 46.5 Å². The van der Waals surface area contributed by atoms with Gasteiger partial charge in [-0.1, -0.05) is 33.6 Å². The number of aliphatic hydroxyl groups excluding tert-OH is 1. The van der Waals surface area contributed by atoms with Gasteiger partial charge in [0.15, 0.2) is 0 Å². The van der Waals surface area contributed by atoms with Crippen molar-refractivity contribution in [2.45, 2.75) is 58.8 Å². The molecule has 2 rings (SSSR count). The lowest BCUT2D eigenvalue weighted by atomic mass is 9.98. The summed E-state index contributed by atoms with van der Waals surface area (Å²) in [7, 11) is 3.18. The number of rotatable bonds is 6. The van der Waals surface area contributed by atoms with E-state index in [2.05, 4.69) is 12.2 Å². The van der Waals surface area contributed by atoms with E-state index in [0.717, 1.165) is 25.0 Å². The zero-order chi connectivity index (χ0) is 18.1. The average Bonchev–Trinajstić information content (AvgIpc) is 2.72. The highest BCUT2D eigenvalue weighted by Gasteiger charge is 2.33. The van der Waals surface area contributed by atoms with Crippen LogP contribution >= 0.6 is 0 Å². The highest BCUT2D eigenvalue weighted by molar-refractivity contribution is 5.97. The van der Waals surface area contributed by atoms with Crippen LogP contribution in [0.25, 0.3) is 0 Å². The van der Waals surface area contributed by atoms with Crippen molar-refractivity contribution in [2.24, 2.45) is 0 Å². The molecule has 0 aromatic heterocycles. The van der Waals surface area contributed by atoms with Crippen LogP contribution in [0, 0.1) is 0 Å². The molecular formula is C18H32N2O4. The van der Waals surface area contributed by atoms with Crippen molar-refractivity contribution in [1.29, 1.82) is 0 Å². The van der Waals surface area contributed by atoms with E-state index < -0.39 is 6.23 Å². The summed E-state index contributed by atoms with van der Waals surface area (Å²) in [5.41, 5.74) is 1.29. The quantitative estimate of drug-likeness (QED) is 0.725. The van der Waals surface area contributed by atoms with Crippen LogP contribution < -0.4 is 5.32 Å². The standard InChI is InChI=1S/C16H26N2O4.C2H6/c1-4-5-6-7-18-10-15(19)17-12-9-14(22-3)13(21-2)8-11(12)16(18)20;1-2/h8,14-15,17,19H,4-7,9-10H2,1-3H3;1-2H3. The fraction of sp³-hybridized carbons (Fsp3) is 0.722. The van der Waals surface area contributed by atoms with E-state index in [1.54, 1.807) is 25.2 Å². The summed E-state index contributed by atoms with van der Waals surface area (Å²) >= 11 is 0. The number of nitrogens with one attached hydrogen (secondary N) is 1. The van der Waals surface area contributed by atoms with Gasteiger partial charge >= 0.3 is 0 Å². The summed E-state index contributed by atoms with van der Waals surface area (Å²) < 4.78 is 10.7. The normalized spacial score (nSPS) is 23.5. The molecule has 24 heavy (non-hydrogen) atoms. The lowest BCUT2D eigenvalue weighted by Crippen LogP contribution is -2.40. The molecule has 2 N–H and O–H groups in total. The molecule has 138 valence electrons. The smallest absolute Gasteiger partial charge is 0.255 e. The molecule has 6 heteroatoms. The van der Waals surface area contributed by atoms with Crippen LogP contribution in [0.4, 0.5) is 0 Å². The van der Waals surface area contributed by atoms with Crippen LogP contribution in [-0.4, -0.2) is 55.6 Å². The molecule has 0 radical (unpaired) electrons. The third kappa shape index (κ3) is 4.98. The third-order valence-electron chi connectivity index (χ3n) is 4.12. The summed E-state index contributed by atoms with van der Waals surface area (Å²) in [6.45, 7) is 7.08. The summed E-state index contributed by atoms with van der Waals surface area (Å²) in [5.74, 6) is 0.584. The maximum Gasteiger partial charge on any atom is 0.255 e. The molecule has 2 atom stereocenters. The zero-order valence-electron chi connectivity index (χ0n) is 15.6. The van der Waals surface area contributed by atoms with Crippen molar-refractivity contribution >= 4 is 5.91 Å². The molecular weight excluding hydrogens is 308 g/mol. The van der Waals surface area contributed by atoms with Crippen molar-refractivity contribution in [3.05, 3.63) is 23.1 Å². The van der Waals surface area contributed by atoms with E-state index in [9.17, 15) is 9.90 Å². The number of methoxy groups -OCH3 is 2. The first-order valence-electron chi connectivity index (χ1n) is 8.86. The number of unbranched alkanes of at least 4 members (excludes halogenated alkanes) is 2. The number of nitrogens with zero attached hydrogens (tertiary/aromatic N) is 1. The number of carbonyl (C=O) groups is 1. The molecule has 0 spiro atoms. The lowest BCUT2D eigenvalue weighted by molar-refractivity contribution is -0.128. The Morgan fingerprint density at radius 1 is 1.33 bits per heavy atom. The number of hydrogen-bond donors (Lipinski definition) is 2. The van der Waals surface area contributed by atoms with Gasteiger partial charge in [-0.05, 0) is 12.5 Å². The van der Waals surface area contributed by atoms with Gasteiger partial charge in [0.1, 0.15) is 18.1 Å². The van der Waals surface area contributed by atoms with Gasteiger partial charge in [0.25, 0.3) is 5.91 Å². The Kier molecular flexibility index (Phi) is 8.85. The number of carbonyl (C=O) groups excluding carboxylic acids is 1. The molecule has 0 aromatic carbocycles. The molecule has 1 aliphatic heterocycles. The predicted octanol–water partition coefficient (Wildman–Crippen LogP) is 2.16. The van der Waals surface area contributed by atoms with Crippen molar-refractivity contribution in [2.75, 3.05) is 27.3 Å². The summed E-state index contributed by atoms with van der Waals surface area (Å²) in [6.07, 6.45) is 4.35. The Balaban J connectivity index is 0.00000139. The Morgan fingerprint density at radius 2 is 2.04 bits per heavy atom. The highest BCUT2D eigenvalue weighted by atomic mass is 16.5. The first-order chi connectivity index (χ1) is 11.6. The largest absolute Gasteiger partial charge is 0.498 e. The van der Waals surface area contributed by atoms with Gasteiger partial charge in [0.05, 0.1) is 19.2 Å². The Labute approximate surface area is 145 Å². The van der Waals surface area contributed by atoms with Crippen molar-refractivity contribution in [3.8, 4) is 0 Å². The topological polar surface area (TPSA) is 71.0 Å². The fourth-order valence-electron chi connectivity index (χ4n) is 2.89. The molecule has 2 aliphatic rings. The molecule has 1 aliphatic carbocycles. The number of hydrogen-bond acceptors (Lipinski definition) is 5. The fourth-order valence-corrected chi connectivity index (χ4v) is 2.89. The maximum absolute atomic E-state index is 12.8. The van der Waals surface area contributed by atoms with E-state index in [1.807, 2.05) is 13.8 Å². The maximum atomic E-state index is 12.8. The SMILES string of the molecule is CC.CCCCCN1CC(O)NC2=C(C=C(OC)C(OC)C2)C1=O. The van der Waals surface area contributed by atoms with E-state index in [4.69, 9.17) is 9.47 Å². The van der Waals surface area contributed by atoms with Crippen LogP contribution in [-0.2, 0) is 14.3 Å². The number of β-amino-alcohol motifs (C(OH)–C–C–N with tert-alkyl or cyclic N) is 1. The van der Waals surface area contributed by atoms with Crippen LogP contribution in [0.3, 0.4) is 0 Å². The Morgan fingerprint density at radius 3 is 2.62 bits per heavy atom. The van der Waals surface area contributed by atoms with Gasteiger partial charge < -0.3 is 24.8 Å². The molecule has 1 heterocycles.